The third-order valence-corrected chi connectivity index (χ3v) is 7.28. The molecule has 0 bridgehead atoms. The zero-order valence-corrected chi connectivity index (χ0v) is 17.7. The normalized spacial score (nSPS) is 16.6. The predicted octanol–water partition coefficient (Wildman–Crippen LogP) is 3.39. The Bertz CT molecular complexity index is 1020. The third kappa shape index (κ3) is 4.13. The highest BCUT2D eigenvalue weighted by Gasteiger charge is 2.35. The SMILES string of the molecule is COCCS(=O)(=O)c1ccc(C(=O)N2CCN(C3CC3)c3cc(Cl)ccc32)cc1. The van der Waals surface area contributed by atoms with Crippen molar-refractivity contribution >= 4 is 38.7 Å². The van der Waals surface area contributed by atoms with Crippen molar-refractivity contribution in [3.8, 4) is 0 Å². The van der Waals surface area contributed by atoms with Crippen LogP contribution in [-0.2, 0) is 14.6 Å². The van der Waals surface area contributed by atoms with Gasteiger partial charge in [-0.3, -0.25) is 4.79 Å². The molecule has 6 nitrogen and oxygen atoms in total. The maximum Gasteiger partial charge on any atom is 0.258 e. The lowest BCUT2D eigenvalue weighted by atomic mass is 10.1. The van der Waals surface area contributed by atoms with Gasteiger partial charge in [-0.2, -0.15) is 0 Å². The summed E-state index contributed by atoms with van der Waals surface area (Å²) in [7, 11) is -1.96. The Morgan fingerprint density at radius 2 is 1.83 bits per heavy atom. The smallest absolute Gasteiger partial charge is 0.258 e. The van der Waals surface area contributed by atoms with Gasteiger partial charge in [0.1, 0.15) is 0 Å². The zero-order chi connectivity index (χ0) is 20.6. The predicted molar refractivity (Wildman–Crippen MR) is 114 cm³/mol. The molecule has 0 radical (unpaired) electrons. The first kappa shape index (κ1) is 20.2. The van der Waals surface area contributed by atoms with Crippen LogP contribution in [0.25, 0.3) is 0 Å². The number of nitrogens with zero attached hydrogens (tertiary/aromatic N) is 2. The number of anilines is 2. The Balaban J connectivity index is 1.59. The molecule has 0 N–H and O–H groups in total. The Kier molecular flexibility index (Phi) is 5.55. The van der Waals surface area contributed by atoms with Crippen molar-refractivity contribution in [1.29, 1.82) is 0 Å². The van der Waals surface area contributed by atoms with Crippen molar-refractivity contribution < 1.29 is 17.9 Å². The van der Waals surface area contributed by atoms with Crippen molar-refractivity contribution in [3.05, 3.63) is 53.1 Å². The lowest BCUT2D eigenvalue weighted by molar-refractivity contribution is 0.0986. The number of ether oxygens (including phenoxy) is 1. The Hall–Kier alpha value is -2.09. The van der Waals surface area contributed by atoms with Crippen LogP contribution in [-0.4, -0.2) is 52.9 Å². The number of sulfone groups is 1. The maximum atomic E-state index is 13.2. The van der Waals surface area contributed by atoms with E-state index in [1.54, 1.807) is 23.1 Å². The molecule has 0 unspecified atom stereocenters. The van der Waals surface area contributed by atoms with Crippen molar-refractivity contribution in [2.24, 2.45) is 0 Å². The van der Waals surface area contributed by atoms with E-state index in [0.29, 0.717) is 23.2 Å². The number of carbonyl (C=O) groups excluding carboxylic acids is 1. The summed E-state index contributed by atoms with van der Waals surface area (Å²) in [6, 6.07) is 12.2. The minimum atomic E-state index is -3.42. The first-order chi connectivity index (χ1) is 13.9. The molecule has 4 rings (SSSR count). The van der Waals surface area contributed by atoms with Gasteiger partial charge in [0.15, 0.2) is 9.84 Å². The fourth-order valence-corrected chi connectivity index (χ4v) is 4.99. The molecule has 1 aliphatic heterocycles. The van der Waals surface area contributed by atoms with Crippen LogP contribution in [0.1, 0.15) is 23.2 Å². The van der Waals surface area contributed by atoms with Crippen LogP contribution in [0.3, 0.4) is 0 Å². The number of rotatable bonds is 6. The van der Waals surface area contributed by atoms with Crippen LogP contribution in [0.2, 0.25) is 5.02 Å². The third-order valence-electron chi connectivity index (χ3n) is 5.35. The lowest BCUT2D eigenvalue weighted by Gasteiger charge is -2.38. The van der Waals surface area contributed by atoms with Gasteiger partial charge in [0.2, 0.25) is 0 Å². The minimum absolute atomic E-state index is 0.0892. The molecule has 1 saturated carbocycles. The number of halogens is 1. The number of methoxy groups -OCH3 is 1. The molecular weight excluding hydrogens is 412 g/mol. The fraction of sp³-hybridized carbons (Fsp3) is 0.381. The van der Waals surface area contributed by atoms with Crippen molar-refractivity contribution in [2.45, 2.75) is 23.8 Å². The summed E-state index contributed by atoms with van der Waals surface area (Å²) < 4.78 is 29.4. The van der Waals surface area contributed by atoms with E-state index in [0.717, 1.165) is 17.9 Å². The van der Waals surface area contributed by atoms with Gasteiger partial charge in [-0.05, 0) is 55.3 Å². The first-order valence-corrected chi connectivity index (χ1v) is 11.6. The Labute approximate surface area is 175 Å². The molecule has 154 valence electrons. The molecule has 2 aliphatic rings. The Morgan fingerprint density at radius 1 is 1.10 bits per heavy atom. The van der Waals surface area contributed by atoms with E-state index >= 15 is 0 Å². The molecule has 1 amide bonds. The van der Waals surface area contributed by atoms with Crippen LogP contribution in [0.15, 0.2) is 47.4 Å². The van der Waals surface area contributed by atoms with Gasteiger partial charge in [-0.15, -0.1) is 0 Å². The number of hydrogen-bond donors (Lipinski definition) is 0. The number of hydrogen-bond acceptors (Lipinski definition) is 5. The van der Waals surface area contributed by atoms with Crippen molar-refractivity contribution in [2.75, 3.05) is 42.4 Å². The highest BCUT2D eigenvalue weighted by atomic mass is 35.5. The van der Waals surface area contributed by atoms with Gasteiger partial charge in [0, 0.05) is 36.8 Å². The van der Waals surface area contributed by atoms with Crippen LogP contribution in [0.5, 0.6) is 0 Å². The number of amides is 1. The van der Waals surface area contributed by atoms with Gasteiger partial charge in [0.25, 0.3) is 5.91 Å². The van der Waals surface area contributed by atoms with Crippen molar-refractivity contribution in [3.63, 3.8) is 0 Å². The van der Waals surface area contributed by atoms with E-state index in [1.165, 1.54) is 32.1 Å². The molecule has 0 aromatic heterocycles. The summed E-state index contributed by atoms with van der Waals surface area (Å²) in [5.74, 6) is -0.238. The second kappa shape index (κ2) is 7.97. The summed E-state index contributed by atoms with van der Waals surface area (Å²) in [5, 5.41) is 0.648. The summed E-state index contributed by atoms with van der Waals surface area (Å²) in [4.78, 5) is 17.4. The number of carbonyl (C=O) groups is 1. The topological polar surface area (TPSA) is 66.9 Å². The summed E-state index contributed by atoms with van der Waals surface area (Å²) >= 11 is 6.21. The number of benzene rings is 2. The molecule has 1 heterocycles. The van der Waals surface area contributed by atoms with Crippen LogP contribution < -0.4 is 9.80 Å². The van der Waals surface area contributed by atoms with Gasteiger partial charge in [-0.25, -0.2) is 8.42 Å². The van der Waals surface area contributed by atoms with Crippen LogP contribution in [0.4, 0.5) is 11.4 Å². The van der Waals surface area contributed by atoms with E-state index in [2.05, 4.69) is 4.90 Å². The average molecular weight is 435 g/mol. The molecule has 2 aromatic carbocycles. The van der Waals surface area contributed by atoms with Gasteiger partial charge in [-0.1, -0.05) is 11.6 Å². The summed E-state index contributed by atoms with van der Waals surface area (Å²) in [6.07, 6.45) is 2.33. The van der Waals surface area contributed by atoms with E-state index in [4.69, 9.17) is 16.3 Å². The molecule has 0 saturated heterocycles. The lowest BCUT2D eigenvalue weighted by Crippen LogP contribution is -2.45. The van der Waals surface area contributed by atoms with E-state index in [9.17, 15) is 13.2 Å². The average Bonchev–Trinajstić information content (AvgIpc) is 3.56. The summed E-state index contributed by atoms with van der Waals surface area (Å²) in [5.41, 5.74) is 2.28. The van der Waals surface area contributed by atoms with E-state index in [1.807, 2.05) is 12.1 Å². The second-order valence-electron chi connectivity index (χ2n) is 7.35. The minimum Gasteiger partial charge on any atom is -0.384 e. The Morgan fingerprint density at radius 3 is 2.48 bits per heavy atom. The monoisotopic (exact) mass is 434 g/mol. The van der Waals surface area contributed by atoms with E-state index in [-0.39, 0.29) is 23.2 Å². The van der Waals surface area contributed by atoms with Crippen molar-refractivity contribution in [1.82, 2.24) is 0 Å². The second-order valence-corrected chi connectivity index (χ2v) is 9.90. The van der Waals surface area contributed by atoms with E-state index < -0.39 is 9.84 Å². The zero-order valence-electron chi connectivity index (χ0n) is 16.2. The molecule has 0 atom stereocenters. The molecule has 8 heteroatoms. The summed E-state index contributed by atoms with van der Waals surface area (Å²) in [6.45, 7) is 1.47. The molecular formula is C21H23ClN2O4S. The molecule has 29 heavy (non-hydrogen) atoms. The van der Waals surface area contributed by atoms with Gasteiger partial charge in [0.05, 0.1) is 28.6 Å². The first-order valence-electron chi connectivity index (χ1n) is 9.60. The van der Waals surface area contributed by atoms with Gasteiger partial charge >= 0.3 is 0 Å². The van der Waals surface area contributed by atoms with Gasteiger partial charge < -0.3 is 14.5 Å². The largest absolute Gasteiger partial charge is 0.384 e. The maximum absolute atomic E-state index is 13.2. The molecule has 1 fully saturated rings. The molecule has 0 spiro atoms. The highest BCUT2D eigenvalue weighted by molar-refractivity contribution is 7.91. The number of fused-ring (bicyclic) bond motifs is 1. The molecule has 1 aliphatic carbocycles. The standard InChI is InChI=1S/C21H23ClN2O4S/c1-28-12-13-29(26,27)18-7-2-15(3-8-18)21(25)24-11-10-23(17-5-6-17)20-14-16(22)4-9-19(20)24/h2-4,7-9,14,17H,5-6,10-13H2,1H3. The molecule has 2 aromatic rings. The highest BCUT2D eigenvalue weighted by Crippen LogP contribution is 2.41. The van der Waals surface area contributed by atoms with Crippen LogP contribution in [0, 0.1) is 0 Å². The fourth-order valence-electron chi connectivity index (χ4n) is 3.65. The van der Waals surface area contributed by atoms with Crippen LogP contribution >= 0.6 is 11.6 Å². The quantitative estimate of drug-likeness (QED) is 0.697.